The highest BCUT2D eigenvalue weighted by Crippen LogP contribution is 2.18. The molecule has 0 atom stereocenters. The summed E-state index contributed by atoms with van der Waals surface area (Å²) in [4.78, 5) is 31.6. The highest BCUT2D eigenvalue weighted by Gasteiger charge is 2.32. The molecule has 10 heteroatoms. The Morgan fingerprint density at radius 2 is 1.83 bits per heavy atom. The molecule has 2 heterocycles. The summed E-state index contributed by atoms with van der Waals surface area (Å²) in [6.45, 7) is 4.94. The molecule has 0 radical (unpaired) electrons. The minimum atomic E-state index is -4.19. The Morgan fingerprint density at radius 1 is 1.21 bits per heavy atom. The number of hydrogen-bond donors (Lipinski definition) is 1. The summed E-state index contributed by atoms with van der Waals surface area (Å²) in [7, 11) is -1.60. The molecule has 0 amide bonds. The van der Waals surface area contributed by atoms with E-state index in [4.69, 9.17) is 0 Å². The first-order valence-electron chi connectivity index (χ1n) is 7.06. The Balaban J connectivity index is 2.53. The summed E-state index contributed by atoms with van der Waals surface area (Å²) in [5.74, 6) is 0.271. The van der Waals surface area contributed by atoms with Gasteiger partial charge in [0.25, 0.3) is 5.56 Å². The fraction of sp³-hybridized carbons (Fsp3) is 0.429. The van der Waals surface area contributed by atoms with Gasteiger partial charge in [0.2, 0.25) is 10.0 Å². The zero-order valence-electron chi connectivity index (χ0n) is 14.1. The lowest BCUT2D eigenvalue weighted by atomic mass is 10.1. The first-order chi connectivity index (χ1) is 11.0. The van der Waals surface area contributed by atoms with E-state index >= 15 is 0 Å². The maximum atomic E-state index is 12.6. The lowest BCUT2D eigenvalue weighted by molar-refractivity contribution is 0.443. The number of nitrogens with zero attached hydrogens (tertiary/aromatic N) is 4. The van der Waals surface area contributed by atoms with Crippen molar-refractivity contribution in [2.24, 2.45) is 14.1 Å². The van der Waals surface area contributed by atoms with E-state index in [1.807, 2.05) is 0 Å². The molecule has 24 heavy (non-hydrogen) atoms. The van der Waals surface area contributed by atoms with E-state index in [9.17, 15) is 18.0 Å². The maximum absolute atomic E-state index is 12.6. The minimum absolute atomic E-state index is 0.271. The summed E-state index contributed by atoms with van der Waals surface area (Å²) in [6, 6.07) is 1.69. The van der Waals surface area contributed by atoms with Gasteiger partial charge in [0, 0.05) is 32.2 Å². The van der Waals surface area contributed by atoms with Gasteiger partial charge in [-0.15, -0.1) is 0 Å². The number of rotatable bonds is 4. The van der Waals surface area contributed by atoms with Crippen LogP contribution in [0.5, 0.6) is 0 Å². The van der Waals surface area contributed by atoms with E-state index in [2.05, 4.69) is 14.7 Å². The van der Waals surface area contributed by atoms with Crippen LogP contribution < -0.4 is 16.0 Å². The van der Waals surface area contributed by atoms with E-state index in [0.717, 1.165) is 15.3 Å². The van der Waals surface area contributed by atoms with Crippen LogP contribution in [0.15, 0.2) is 32.9 Å². The maximum Gasteiger partial charge on any atom is 0.330 e. The van der Waals surface area contributed by atoms with Crippen molar-refractivity contribution in [3.05, 3.63) is 50.8 Å². The van der Waals surface area contributed by atoms with Crippen LogP contribution >= 0.6 is 0 Å². The van der Waals surface area contributed by atoms with Gasteiger partial charge in [0.15, 0.2) is 4.90 Å². The Labute approximate surface area is 139 Å². The zero-order chi connectivity index (χ0) is 18.3. The van der Waals surface area contributed by atoms with Gasteiger partial charge < -0.3 is 4.57 Å². The van der Waals surface area contributed by atoms with E-state index in [1.165, 1.54) is 20.3 Å². The van der Waals surface area contributed by atoms with Crippen LogP contribution in [0.4, 0.5) is 0 Å². The van der Waals surface area contributed by atoms with Gasteiger partial charge in [0.1, 0.15) is 5.82 Å². The zero-order valence-corrected chi connectivity index (χ0v) is 14.9. The summed E-state index contributed by atoms with van der Waals surface area (Å²) in [6.07, 6.45) is 2.53. The quantitative estimate of drug-likeness (QED) is 0.784. The van der Waals surface area contributed by atoms with Crippen molar-refractivity contribution in [2.75, 3.05) is 0 Å². The molecular formula is C14H19N5O4S. The largest absolute Gasteiger partial charge is 0.330 e. The molecule has 0 aliphatic carbocycles. The van der Waals surface area contributed by atoms with Gasteiger partial charge in [-0.2, -0.15) is 4.72 Å². The van der Waals surface area contributed by atoms with E-state index < -0.39 is 31.7 Å². The van der Waals surface area contributed by atoms with Crippen molar-refractivity contribution >= 4 is 10.0 Å². The van der Waals surface area contributed by atoms with Gasteiger partial charge in [0.05, 0.1) is 5.54 Å². The summed E-state index contributed by atoms with van der Waals surface area (Å²) < 4.78 is 29.5. The molecule has 2 aromatic heterocycles. The standard InChI is InChI=1S/C14H19N5O4S/c1-9-6-7-15-12(16-9)14(2,3)17-24(22,23)10-8-18(4)13(21)19(5)11(10)20/h6-8,17H,1-5H3. The van der Waals surface area contributed by atoms with Crippen molar-refractivity contribution in [1.29, 1.82) is 0 Å². The van der Waals surface area contributed by atoms with Crippen molar-refractivity contribution < 1.29 is 8.42 Å². The molecule has 0 fully saturated rings. The van der Waals surface area contributed by atoms with E-state index in [0.29, 0.717) is 5.69 Å². The third-order valence-corrected chi connectivity index (χ3v) is 5.09. The minimum Gasteiger partial charge on any atom is -0.302 e. The van der Waals surface area contributed by atoms with Gasteiger partial charge in [-0.3, -0.25) is 9.36 Å². The summed E-state index contributed by atoms with van der Waals surface area (Å²) >= 11 is 0. The molecule has 0 aliphatic heterocycles. The summed E-state index contributed by atoms with van der Waals surface area (Å²) in [5, 5.41) is 0. The predicted octanol–water partition coefficient (Wildman–Crippen LogP) is -0.604. The van der Waals surface area contributed by atoms with Crippen molar-refractivity contribution in [2.45, 2.75) is 31.2 Å². The number of aryl methyl sites for hydroxylation is 2. The van der Waals surface area contributed by atoms with Gasteiger partial charge in [-0.05, 0) is 26.8 Å². The van der Waals surface area contributed by atoms with Crippen LogP contribution in [0.2, 0.25) is 0 Å². The lowest BCUT2D eigenvalue weighted by Gasteiger charge is -2.24. The molecular weight excluding hydrogens is 334 g/mol. The SMILES string of the molecule is Cc1ccnc(C(C)(C)NS(=O)(=O)c2cn(C)c(=O)n(C)c2=O)n1. The molecule has 0 bridgehead atoms. The first-order valence-corrected chi connectivity index (χ1v) is 8.55. The third kappa shape index (κ3) is 3.29. The molecule has 0 unspecified atom stereocenters. The van der Waals surface area contributed by atoms with E-state index in [-0.39, 0.29) is 5.82 Å². The topological polar surface area (TPSA) is 116 Å². The molecule has 1 N–H and O–H groups in total. The molecule has 130 valence electrons. The molecule has 0 saturated heterocycles. The average Bonchev–Trinajstić information content (AvgIpc) is 2.47. The number of aromatic nitrogens is 4. The van der Waals surface area contributed by atoms with Crippen LogP contribution in [-0.4, -0.2) is 27.5 Å². The molecule has 2 aromatic rings. The highest BCUT2D eigenvalue weighted by molar-refractivity contribution is 7.89. The van der Waals surface area contributed by atoms with Gasteiger partial charge >= 0.3 is 5.69 Å². The van der Waals surface area contributed by atoms with Crippen LogP contribution in [0, 0.1) is 6.92 Å². The van der Waals surface area contributed by atoms with Crippen LogP contribution in [-0.2, 0) is 29.7 Å². The fourth-order valence-corrected chi connectivity index (χ4v) is 3.68. The average molecular weight is 353 g/mol. The van der Waals surface area contributed by atoms with Gasteiger partial charge in [-0.25, -0.2) is 23.2 Å². The summed E-state index contributed by atoms with van der Waals surface area (Å²) in [5.41, 5.74) is -1.97. The fourth-order valence-electron chi connectivity index (χ4n) is 2.15. The van der Waals surface area contributed by atoms with Crippen molar-refractivity contribution in [1.82, 2.24) is 23.8 Å². The molecule has 9 nitrogen and oxygen atoms in total. The monoisotopic (exact) mass is 353 g/mol. The van der Waals surface area contributed by atoms with E-state index in [1.54, 1.807) is 26.8 Å². The van der Waals surface area contributed by atoms with Crippen LogP contribution in [0.25, 0.3) is 0 Å². The molecule has 0 spiro atoms. The predicted molar refractivity (Wildman–Crippen MR) is 87.0 cm³/mol. The second-order valence-electron chi connectivity index (χ2n) is 6.00. The van der Waals surface area contributed by atoms with Crippen molar-refractivity contribution in [3.63, 3.8) is 0 Å². The highest BCUT2D eigenvalue weighted by atomic mass is 32.2. The molecule has 2 rings (SSSR count). The molecule has 0 aromatic carbocycles. The second kappa shape index (κ2) is 5.95. The molecule has 0 aliphatic rings. The third-order valence-electron chi connectivity index (χ3n) is 3.45. The number of hydrogen-bond acceptors (Lipinski definition) is 6. The Kier molecular flexibility index (Phi) is 4.46. The lowest BCUT2D eigenvalue weighted by Crippen LogP contribution is -2.46. The smallest absolute Gasteiger partial charge is 0.302 e. The Morgan fingerprint density at radius 3 is 2.42 bits per heavy atom. The number of sulfonamides is 1. The second-order valence-corrected chi connectivity index (χ2v) is 7.65. The Bertz CT molecular complexity index is 1000. The van der Waals surface area contributed by atoms with Crippen LogP contribution in [0.1, 0.15) is 25.4 Å². The normalized spacial score (nSPS) is 12.4. The Hall–Kier alpha value is -2.33. The van der Waals surface area contributed by atoms with Crippen molar-refractivity contribution in [3.8, 4) is 0 Å². The molecule has 0 saturated carbocycles. The van der Waals surface area contributed by atoms with Crippen LogP contribution in [0.3, 0.4) is 0 Å². The van der Waals surface area contributed by atoms with Gasteiger partial charge in [-0.1, -0.05) is 0 Å². The first kappa shape index (κ1) is 18.0. The number of nitrogens with one attached hydrogen (secondary N) is 1.